The van der Waals surface area contributed by atoms with Crippen LogP contribution in [0.15, 0.2) is 48.5 Å². The van der Waals surface area contributed by atoms with Crippen molar-refractivity contribution >= 4 is 23.3 Å². The van der Waals surface area contributed by atoms with Gasteiger partial charge in [0.05, 0.1) is 6.61 Å². The van der Waals surface area contributed by atoms with Crippen LogP contribution in [0.3, 0.4) is 0 Å². The smallest absolute Gasteiger partial charge is 0.317 e. The van der Waals surface area contributed by atoms with E-state index < -0.39 is 0 Å². The number of halogens is 1. The lowest BCUT2D eigenvalue weighted by molar-refractivity contribution is 0.194. The minimum Gasteiger partial charge on any atom is -0.494 e. The minimum atomic E-state index is -0.0451. The number of amides is 2. The van der Waals surface area contributed by atoms with Crippen LogP contribution in [0.2, 0.25) is 5.02 Å². The van der Waals surface area contributed by atoms with Crippen LogP contribution in [0.25, 0.3) is 0 Å². The van der Waals surface area contributed by atoms with Crippen molar-refractivity contribution in [2.45, 2.75) is 13.5 Å². The molecule has 0 unspecified atom stereocenters. The molecule has 1 saturated heterocycles. The number of anilines is 1. The second-order valence-corrected chi connectivity index (χ2v) is 6.56. The Balaban J connectivity index is 1.48. The molecule has 5 nitrogen and oxygen atoms in total. The van der Waals surface area contributed by atoms with E-state index in [9.17, 15) is 4.79 Å². The highest BCUT2D eigenvalue weighted by atomic mass is 35.5. The summed E-state index contributed by atoms with van der Waals surface area (Å²) >= 11 is 6.13. The summed E-state index contributed by atoms with van der Waals surface area (Å²) in [7, 11) is 0. The van der Waals surface area contributed by atoms with E-state index in [2.05, 4.69) is 22.3 Å². The zero-order valence-corrected chi connectivity index (χ0v) is 15.7. The van der Waals surface area contributed by atoms with Gasteiger partial charge in [-0.1, -0.05) is 29.8 Å². The number of carbonyl (C=O) groups is 1. The lowest BCUT2D eigenvalue weighted by Crippen LogP contribution is -2.51. The molecule has 6 heteroatoms. The molecule has 0 atom stereocenters. The van der Waals surface area contributed by atoms with Gasteiger partial charge in [-0.2, -0.15) is 0 Å². The number of carbonyl (C=O) groups excluding carboxylic acids is 1. The summed E-state index contributed by atoms with van der Waals surface area (Å²) in [6.45, 7) is 6.10. The molecule has 1 heterocycles. The molecule has 0 saturated carbocycles. The third kappa shape index (κ3) is 4.61. The largest absolute Gasteiger partial charge is 0.494 e. The number of benzene rings is 2. The van der Waals surface area contributed by atoms with Crippen molar-refractivity contribution in [2.24, 2.45) is 0 Å². The molecule has 0 bridgehead atoms. The van der Waals surface area contributed by atoms with Crippen LogP contribution in [-0.4, -0.2) is 43.7 Å². The molecular weight excluding hydrogens is 350 g/mol. The number of hydrogen-bond acceptors (Lipinski definition) is 3. The first-order valence-corrected chi connectivity index (χ1v) is 9.29. The van der Waals surface area contributed by atoms with Gasteiger partial charge in [0.25, 0.3) is 0 Å². The van der Waals surface area contributed by atoms with Crippen LogP contribution in [0.4, 0.5) is 10.5 Å². The van der Waals surface area contributed by atoms with Crippen LogP contribution in [-0.2, 0) is 6.54 Å². The highest BCUT2D eigenvalue weighted by molar-refractivity contribution is 6.31. The highest BCUT2D eigenvalue weighted by Crippen LogP contribution is 2.21. The molecule has 2 amide bonds. The fourth-order valence-corrected chi connectivity index (χ4v) is 3.21. The number of ether oxygens (including phenoxy) is 1. The number of hydrogen-bond donors (Lipinski definition) is 1. The second-order valence-electron chi connectivity index (χ2n) is 6.15. The summed E-state index contributed by atoms with van der Waals surface area (Å²) in [5.41, 5.74) is 2.08. The third-order valence-electron chi connectivity index (χ3n) is 4.47. The average molecular weight is 374 g/mol. The van der Waals surface area contributed by atoms with Crippen molar-refractivity contribution in [3.63, 3.8) is 0 Å². The summed E-state index contributed by atoms with van der Waals surface area (Å²) < 4.78 is 5.48. The Morgan fingerprint density at radius 2 is 1.77 bits per heavy atom. The molecule has 0 radical (unpaired) electrons. The number of piperazine rings is 1. The average Bonchev–Trinajstić information content (AvgIpc) is 2.68. The van der Waals surface area contributed by atoms with Crippen LogP contribution < -0.4 is 15.0 Å². The van der Waals surface area contributed by atoms with Crippen molar-refractivity contribution in [3.8, 4) is 5.75 Å². The van der Waals surface area contributed by atoms with Crippen molar-refractivity contribution in [1.82, 2.24) is 10.2 Å². The molecule has 1 fully saturated rings. The Morgan fingerprint density at radius 1 is 1.08 bits per heavy atom. The summed E-state index contributed by atoms with van der Waals surface area (Å²) in [6.07, 6.45) is 0. The molecule has 1 aliphatic rings. The molecule has 0 aliphatic carbocycles. The van der Waals surface area contributed by atoms with Gasteiger partial charge in [-0.05, 0) is 42.8 Å². The predicted molar refractivity (Wildman–Crippen MR) is 105 cm³/mol. The van der Waals surface area contributed by atoms with Crippen molar-refractivity contribution < 1.29 is 9.53 Å². The maximum absolute atomic E-state index is 12.4. The first-order valence-electron chi connectivity index (χ1n) is 8.91. The topological polar surface area (TPSA) is 44.8 Å². The van der Waals surface area contributed by atoms with E-state index >= 15 is 0 Å². The Morgan fingerprint density at radius 3 is 2.42 bits per heavy atom. The highest BCUT2D eigenvalue weighted by Gasteiger charge is 2.21. The molecule has 138 valence electrons. The maximum Gasteiger partial charge on any atom is 0.317 e. The molecule has 1 aliphatic heterocycles. The molecule has 2 aromatic rings. The molecular formula is C20H24ClN3O2. The summed E-state index contributed by atoms with van der Waals surface area (Å²) in [5.74, 6) is 0.883. The minimum absolute atomic E-state index is 0.0451. The van der Waals surface area contributed by atoms with Gasteiger partial charge in [0.1, 0.15) is 5.75 Å². The quantitative estimate of drug-likeness (QED) is 0.867. The standard InChI is InChI=1S/C20H24ClN3O2/c1-2-26-18-9-7-17(8-10-18)23-11-13-24(14-12-23)20(25)22-15-16-5-3-4-6-19(16)21/h3-10H,2,11-15H2,1H3,(H,22,25). The SMILES string of the molecule is CCOc1ccc(N2CCN(C(=O)NCc3ccccc3Cl)CC2)cc1. The number of nitrogens with one attached hydrogen (secondary N) is 1. The predicted octanol–water partition coefficient (Wildman–Crippen LogP) is 3.77. The van der Waals surface area contributed by atoms with Gasteiger partial charge < -0.3 is 19.9 Å². The fraction of sp³-hybridized carbons (Fsp3) is 0.350. The van der Waals surface area contributed by atoms with E-state index in [1.165, 1.54) is 0 Å². The molecule has 1 N–H and O–H groups in total. The van der Waals surface area contributed by atoms with Crippen LogP contribution in [0.1, 0.15) is 12.5 Å². The number of rotatable bonds is 5. The van der Waals surface area contributed by atoms with Crippen LogP contribution in [0.5, 0.6) is 5.75 Å². The van der Waals surface area contributed by atoms with Crippen LogP contribution >= 0.6 is 11.6 Å². The van der Waals surface area contributed by atoms with Gasteiger partial charge in [0, 0.05) is 43.4 Å². The first kappa shape index (κ1) is 18.4. The molecule has 26 heavy (non-hydrogen) atoms. The molecule has 0 spiro atoms. The van der Waals surface area contributed by atoms with E-state index in [0.29, 0.717) is 31.3 Å². The fourth-order valence-electron chi connectivity index (χ4n) is 3.01. The van der Waals surface area contributed by atoms with Gasteiger partial charge in [0.15, 0.2) is 0 Å². The van der Waals surface area contributed by atoms with Gasteiger partial charge in [-0.15, -0.1) is 0 Å². The third-order valence-corrected chi connectivity index (χ3v) is 4.84. The van der Waals surface area contributed by atoms with E-state index in [1.807, 2.05) is 48.2 Å². The van der Waals surface area contributed by atoms with E-state index in [1.54, 1.807) is 0 Å². The monoisotopic (exact) mass is 373 g/mol. The number of urea groups is 1. The van der Waals surface area contributed by atoms with Crippen molar-refractivity contribution in [2.75, 3.05) is 37.7 Å². The van der Waals surface area contributed by atoms with E-state index in [4.69, 9.17) is 16.3 Å². The second kappa shape index (κ2) is 8.81. The normalized spacial score (nSPS) is 14.2. The Labute approximate surface area is 159 Å². The molecule has 3 rings (SSSR count). The Kier molecular flexibility index (Phi) is 6.23. The lowest BCUT2D eigenvalue weighted by Gasteiger charge is -2.36. The lowest BCUT2D eigenvalue weighted by atomic mass is 10.2. The van der Waals surface area contributed by atoms with Crippen LogP contribution in [0, 0.1) is 0 Å². The van der Waals surface area contributed by atoms with Gasteiger partial charge in [-0.25, -0.2) is 4.79 Å². The Hall–Kier alpha value is -2.40. The first-order chi connectivity index (χ1) is 12.7. The molecule has 2 aromatic carbocycles. The van der Waals surface area contributed by atoms with Gasteiger partial charge >= 0.3 is 6.03 Å². The van der Waals surface area contributed by atoms with E-state index in [-0.39, 0.29) is 6.03 Å². The van der Waals surface area contributed by atoms with Crippen molar-refractivity contribution in [1.29, 1.82) is 0 Å². The summed E-state index contributed by atoms with van der Waals surface area (Å²) in [6, 6.07) is 15.6. The van der Waals surface area contributed by atoms with E-state index in [0.717, 1.165) is 30.1 Å². The number of nitrogens with zero attached hydrogens (tertiary/aromatic N) is 2. The Bertz CT molecular complexity index is 728. The zero-order chi connectivity index (χ0) is 18.4. The summed E-state index contributed by atoms with van der Waals surface area (Å²) in [5, 5.41) is 3.63. The van der Waals surface area contributed by atoms with Gasteiger partial charge in [-0.3, -0.25) is 0 Å². The zero-order valence-electron chi connectivity index (χ0n) is 15.0. The maximum atomic E-state index is 12.4. The molecule has 0 aromatic heterocycles. The van der Waals surface area contributed by atoms with Gasteiger partial charge in [0.2, 0.25) is 0 Å². The van der Waals surface area contributed by atoms with Crippen molar-refractivity contribution in [3.05, 3.63) is 59.1 Å². The summed E-state index contributed by atoms with van der Waals surface area (Å²) in [4.78, 5) is 16.5.